The van der Waals surface area contributed by atoms with Crippen LogP contribution in [0.25, 0.3) is 0 Å². The molecule has 5 aliphatic carbocycles. The molecule has 0 amide bonds. The second-order valence-electron chi connectivity index (χ2n) is 17.7. The molecule has 17 unspecified atom stereocenters. The Labute approximate surface area is 256 Å². The predicted octanol–water partition coefficient (Wildman–Crippen LogP) is 1.06. The molecule has 7 rings (SSSR count). The Hall–Kier alpha value is -0.360. The van der Waals surface area contributed by atoms with Crippen molar-refractivity contribution in [1.29, 1.82) is 0 Å². The summed E-state index contributed by atoms with van der Waals surface area (Å²) in [6.45, 7) is 12.8. The highest BCUT2D eigenvalue weighted by Gasteiger charge is 2.86. The topological polar surface area (TPSA) is 156 Å². The van der Waals surface area contributed by atoms with Gasteiger partial charge in [-0.1, -0.05) is 20.8 Å². The number of aliphatic hydroxyl groups is 6. The van der Waals surface area contributed by atoms with Gasteiger partial charge in [-0.05, 0) is 99.7 Å². The molecule has 0 aromatic heterocycles. The first-order valence-electron chi connectivity index (χ1n) is 17.2. The SMILES string of the molecule is CC1CC(C(O)C(C)(C)O)[NH2+]C2CC3(C)C4CCC5C(C)(OC6OCC(O)C(O)C6O)CCCC56CC46C(O)CC3(C)C12. The largest absolute Gasteiger partial charge is 0.392 e. The summed E-state index contributed by atoms with van der Waals surface area (Å²) in [7, 11) is 0. The average molecular weight is 609 g/mol. The van der Waals surface area contributed by atoms with E-state index >= 15 is 0 Å². The van der Waals surface area contributed by atoms with Gasteiger partial charge >= 0.3 is 0 Å². The molecule has 7 fully saturated rings. The number of fused-ring (bicyclic) bond motifs is 4. The third-order valence-electron chi connectivity index (χ3n) is 15.3. The second-order valence-corrected chi connectivity index (χ2v) is 17.7. The Morgan fingerprint density at radius 1 is 0.953 bits per heavy atom. The molecule has 7 aliphatic rings. The average Bonchev–Trinajstić information content (AvgIpc) is 3.54. The molecule has 43 heavy (non-hydrogen) atoms. The van der Waals surface area contributed by atoms with Crippen LogP contribution in [0, 0.1) is 45.3 Å². The number of ether oxygens (including phenoxy) is 2. The van der Waals surface area contributed by atoms with E-state index in [1.54, 1.807) is 13.8 Å². The quantitative estimate of drug-likeness (QED) is 0.250. The summed E-state index contributed by atoms with van der Waals surface area (Å²) in [5.74, 6) is 1.49. The Kier molecular flexibility index (Phi) is 6.98. The van der Waals surface area contributed by atoms with E-state index in [1.165, 1.54) is 0 Å². The van der Waals surface area contributed by atoms with Gasteiger partial charge in [0, 0.05) is 24.2 Å². The third kappa shape index (κ3) is 3.95. The minimum Gasteiger partial charge on any atom is -0.392 e. The fourth-order valence-corrected chi connectivity index (χ4v) is 13.6. The molecule has 2 heterocycles. The molecule has 9 heteroatoms. The van der Waals surface area contributed by atoms with Gasteiger partial charge in [0.2, 0.25) is 0 Å². The molecule has 2 saturated heterocycles. The van der Waals surface area contributed by atoms with Crippen LogP contribution in [0.1, 0.15) is 99.3 Å². The number of nitrogens with two attached hydrogens (primary N) is 1. The lowest BCUT2D eigenvalue weighted by Crippen LogP contribution is -3.01. The van der Waals surface area contributed by atoms with Crippen molar-refractivity contribution in [2.45, 2.75) is 159 Å². The highest BCUT2D eigenvalue weighted by Crippen LogP contribution is 2.88. The lowest BCUT2D eigenvalue weighted by Gasteiger charge is -2.64. The van der Waals surface area contributed by atoms with Gasteiger partial charge in [-0.3, -0.25) is 0 Å². The molecular weight excluding hydrogens is 550 g/mol. The highest BCUT2D eigenvalue weighted by atomic mass is 16.7. The van der Waals surface area contributed by atoms with Crippen molar-refractivity contribution in [2.75, 3.05) is 6.61 Å². The summed E-state index contributed by atoms with van der Waals surface area (Å²) in [5.41, 5.74) is -1.78. The summed E-state index contributed by atoms with van der Waals surface area (Å²) >= 11 is 0. The normalized spacial score (nSPS) is 60.1. The van der Waals surface area contributed by atoms with Crippen LogP contribution in [0.3, 0.4) is 0 Å². The molecule has 246 valence electrons. The number of hydrogen-bond donors (Lipinski definition) is 7. The van der Waals surface area contributed by atoms with Crippen LogP contribution in [0.5, 0.6) is 0 Å². The van der Waals surface area contributed by atoms with Gasteiger partial charge in [-0.15, -0.1) is 0 Å². The number of piperidine rings is 1. The van der Waals surface area contributed by atoms with Crippen LogP contribution in [-0.4, -0.2) is 97.3 Å². The van der Waals surface area contributed by atoms with E-state index in [2.05, 4.69) is 33.0 Å². The summed E-state index contributed by atoms with van der Waals surface area (Å²) in [5, 5.41) is 67.4. The molecule has 9 nitrogen and oxygen atoms in total. The van der Waals surface area contributed by atoms with E-state index in [-0.39, 0.29) is 46.3 Å². The number of rotatable bonds is 4. The summed E-state index contributed by atoms with van der Waals surface area (Å²) in [6, 6.07) is 0.334. The first-order chi connectivity index (χ1) is 20.0. The molecular formula is C34H58NO8+. The number of hydrogen-bond acceptors (Lipinski definition) is 8. The van der Waals surface area contributed by atoms with Crippen molar-refractivity contribution in [1.82, 2.24) is 0 Å². The van der Waals surface area contributed by atoms with E-state index < -0.39 is 41.9 Å². The van der Waals surface area contributed by atoms with Crippen molar-refractivity contribution < 1.29 is 45.4 Å². The molecule has 0 bridgehead atoms. The zero-order valence-electron chi connectivity index (χ0n) is 27.1. The van der Waals surface area contributed by atoms with Crippen LogP contribution in [-0.2, 0) is 9.47 Å². The lowest BCUT2D eigenvalue weighted by atomic mass is 9.42. The third-order valence-corrected chi connectivity index (χ3v) is 15.3. The van der Waals surface area contributed by atoms with E-state index in [0.717, 1.165) is 57.8 Å². The minimum absolute atomic E-state index is 0.00429. The van der Waals surface area contributed by atoms with Gasteiger partial charge in [0.05, 0.1) is 30.0 Å². The van der Waals surface area contributed by atoms with Gasteiger partial charge in [0.25, 0.3) is 0 Å². The Balaban J connectivity index is 1.17. The predicted molar refractivity (Wildman–Crippen MR) is 157 cm³/mol. The van der Waals surface area contributed by atoms with Crippen LogP contribution in [0.4, 0.5) is 0 Å². The van der Waals surface area contributed by atoms with Gasteiger partial charge in [-0.2, -0.15) is 0 Å². The zero-order valence-corrected chi connectivity index (χ0v) is 27.1. The second kappa shape index (κ2) is 9.60. The molecule has 2 aliphatic heterocycles. The van der Waals surface area contributed by atoms with Crippen LogP contribution in [0.2, 0.25) is 0 Å². The van der Waals surface area contributed by atoms with Gasteiger partial charge in [0.15, 0.2) is 6.29 Å². The fraction of sp³-hybridized carbons (Fsp3) is 1.00. The molecule has 5 saturated carbocycles. The molecule has 2 spiro atoms. The first kappa shape index (κ1) is 31.3. The summed E-state index contributed by atoms with van der Waals surface area (Å²) in [4.78, 5) is 0. The van der Waals surface area contributed by atoms with Gasteiger partial charge in [0.1, 0.15) is 30.5 Å². The van der Waals surface area contributed by atoms with E-state index in [1.807, 2.05) is 0 Å². The monoisotopic (exact) mass is 608 g/mol. The maximum absolute atomic E-state index is 12.3. The highest BCUT2D eigenvalue weighted by molar-refractivity contribution is 5.33. The van der Waals surface area contributed by atoms with Crippen molar-refractivity contribution >= 4 is 0 Å². The zero-order chi connectivity index (χ0) is 31.1. The number of aliphatic hydroxyl groups excluding tert-OH is 5. The fourth-order valence-electron chi connectivity index (χ4n) is 13.6. The standard InChI is InChI=1S/C34H57NO8/c1-17-12-18(27(40)29(2,3)41)35-19-13-30(4)21-8-9-22-32(6,43-28-26(39)25(38)20(36)15-42-28)10-7-11-33(22)16-34(21,33)23(37)14-31(30,5)24(17)19/h17-28,35-41H,7-16H2,1-6H3/p+1. The Morgan fingerprint density at radius 3 is 2.35 bits per heavy atom. The molecule has 0 aromatic rings. The maximum Gasteiger partial charge on any atom is 0.186 e. The molecule has 8 N–H and O–H groups in total. The summed E-state index contributed by atoms with van der Waals surface area (Å²) in [6.07, 6.45) is 2.86. The molecule has 0 aromatic carbocycles. The van der Waals surface area contributed by atoms with E-state index in [9.17, 15) is 30.6 Å². The van der Waals surface area contributed by atoms with E-state index in [4.69, 9.17) is 9.47 Å². The summed E-state index contributed by atoms with van der Waals surface area (Å²) < 4.78 is 12.4. The maximum atomic E-state index is 12.3. The van der Waals surface area contributed by atoms with Crippen molar-refractivity contribution in [3.63, 3.8) is 0 Å². The van der Waals surface area contributed by atoms with E-state index in [0.29, 0.717) is 23.8 Å². The lowest BCUT2D eigenvalue weighted by molar-refractivity contribution is -0.746. The van der Waals surface area contributed by atoms with Gasteiger partial charge in [-0.25, -0.2) is 0 Å². The van der Waals surface area contributed by atoms with Crippen molar-refractivity contribution in [3.05, 3.63) is 0 Å². The van der Waals surface area contributed by atoms with Crippen LogP contribution < -0.4 is 5.32 Å². The van der Waals surface area contributed by atoms with Crippen molar-refractivity contribution in [3.8, 4) is 0 Å². The van der Waals surface area contributed by atoms with Crippen molar-refractivity contribution in [2.24, 2.45) is 45.3 Å². The first-order valence-corrected chi connectivity index (χ1v) is 17.2. The number of quaternary nitrogens is 1. The minimum atomic E-state index is -1.30. The Morgan fingerprint density at radius 2 is 1.65 bits per heavy atom. The van der Waals surface area contributed by atoms with Crippen LogP contribution >= 0.6 is 0 Å². The molecule has 17 atom stereocenters. The smallest absolute Gasteiger partial charge is 0.186 e. The molecule has 0 radical (unpaired) electrons. The Bertz CT molecular complexity index is 1120. The van der Waals surface area contributed by atoms with Crippen LogP contribution in [0.15, 0.2) is 0 Å². The van der Waals surface area contributed by atoms with Gasteiger partial charge < -0.3 is 45.4 Å².